The Morgan fingerprint density at radius 1 is 1.33 bits per heavy atom. The largest absolute Gasteiger partial charge is 0.468 e. The Balaban J connectivity index is 2.37. The molecule has 0 aromatic heterocycles. The van der Waals surface area contributed by atoms with E-state index in [2.05, 4.69) is 15.0 Å². The number of esters is 1. The highest BCUT2D eigenvalue weighted by Gasteiger charge is 2.22. The molecule has 1 atom stereocenters. The van der Waals surface area contributed by atoms with Crippen molar-refractivity contribution in [1.29, 1.82) is 0 Å². The third-order valence-electron chi connectivity index (χ3n) is 3.87. The molecule has 0 heterocycles. The van der Waals surface area contributed by atoms with Gasteiger partial charge in [0.2, 0.25) is 5.91 Å². The third kappa shape index (κ3) is 7.43. The van der Waals surface area contributed by atoms with Gasteiger partial charge in [0, 0.05) is 25.6 Å². The first-order chi connectivity index (χ1) is 10.0. The molecule has 0 radical (unpaired) electrons. The Bertz CT molecular complexity index is 328. The summed E-state index contributed by atoms with van der Waals surface area (Å²) in [5, 5.41) is 12.2. The number of methoxy groups -OCH3 is 1. The van der Waals surface area contributed by atoms with E-state index in [0.717, 1.165) is 12.8 Å². The van der Waals surface area contributed by atoms with Crippen LogP contribution in [0.25, 0.3) is 0 Å². The molecule has 0 aromatic carbocycles. The maximum absolute atomic E-state index is 11.7. The van der Waals surface area contributed by atoms with Gasteiger partial charge in [0.15, 0.2) is 0 Å². The molecule has 1 saturated carbocycles. The van der Waals surface area contributed by atoms with Gasteiger partial charge < -0.3 is 15.2 Å². The van der Waals surface area contributed by atoms with E-state index in [9.17, 15) is 14.7 Å². The molecule has 1 fully saturated rings. The summed E-state index contributed by atoms with van der Waals surface area (Å²) in [6.45, 7) is 2.89. The minimum absolute atomic E-state index is 0.0881. The lowest BCUT2D eigenvalue weighted by molar-refractivity contribution is -0.141. The highest BCUT2D eigenvalue weighted by molar-refractivity contribution is 5.81. The van der Waals surface area contributed by atoms with Gasteiger partial charge in [-0.2, -0.15) is 0 Å². The molecule has 0 aliphatic heterocycles. The van der Waals surface area contributed by atoms with Crippen LogP contribution in [0.2, 0.25) is 0 Å². The Kier molecular flexibility index (Phi) is 8.30. The van der Waals surface area contributed by atoms with Gasteiger partial charge in [-0.25, -0.2) is 0 Å². The van der Waals surface area contributed by atoms with Gasteiger partial charge in [-0.15, -0.1) is 0 Å². The lowest BCUT2D eigenvalue weighted by Gasteiger charge is -2.35. The molecule has 1 aliphatic carbocycles. The Morgan fingerprint density at radius 3 is 2.57 bits per heavy atom. The second-order valence-corrected chi connectivity index (χ2v) is 5.74. The monoisotopic (exact) mass is 300 g/mol. The zero-order valence-electron chi connectivity index (χ0n) is 13.1. The number of hydrogen-bond donors (Lipinski definition) is 2. The van der Waals surface area contributed by atoms with Crippen molar-refractivity contribution in [3.63, 3.8) is 0 Å². The second kappa shape index (κ2) is 9.73. The van der Waals surface area contributed by atoms with Crippen LogP contribution in [-0.2, 0) is 14.3 Å². The SMILES string of the molecule is COC(=O)CNC(=O)CCN(CC(C)O)C1CCCCC1. The zero-order valence-corrected chi connectivity index (χ0v) is 13.1. The van der Waals surface area contributed by atoms with Gasteiger partial charge in [0.25, 0.3) is 0 Å². The van der Waals surface area contributed by atoms with E-state index in [0.29, 0.717) is 25.6 Å². The predicted molar refractivity (Wildman–Crippen MR) is 79.8 cm³/mol. The number of hydrogen-bond acceptors (Lipinski definition) is 5. The molecule has 0 spiro atoms. The first kappa shape index (κ1) is 17.9. The average Bonchev–Trinajstić information content (AvgIpc) is 2.49. The number of nitrogens with one attached hydrogen (secondary N) is 1. The van der Waals surface area contributed by atoms with Crippen LogP contribution in [-0.4, -0.2) is 60.8 Å². The molecule has 2 N–H and O–H groups in total. The zero-order chi connectivity index (χ0) is 15.7. The van der Waals surface area contributed by atoms with Crippen molar-refractivity contribution >= 4 is 11.9 Å². The van der Waals surface area contributed by atoms with E-state index in [4.69, 9.17) is 0 Å². The van der Waals surface area contributed by atoms with E-state index in [-0.39, 0.29) is 12.5 Å². The summed E-state index contributed by atoms with van der Waals surface area (Å²) in [5.41, 5.74) is 0. The molecule has 1 amide bonds. The van der Waals surface area contributed by atoms with Crippen molar-refractivity contribution in [3.05, 3.63) is 0 Å². The summed E-state index contributed by atoms with van der Waals surface area (Å²) in [6, 6.07) is 0.460. The molecule has 122 valence electrons. The summed E-state index contributed by atoms with van der Waals surface area (Å²) in [5.74, 6) is -0.608. The van der Waals surface area contributed by atoms with Crippen molar-refractivity contribution in [2.45, 2.75) is 57.6 Å². The Labute approximate surface area is 126 Å². The van der Waals surface area contributed by atoms with Crippen LogP contribution in [0.1, 0.15) is 45.4 Å². The fourth-order valence-corrected chi connectivity index (χ4v) is 2.78. The van der Waals surface area contributed by atoms with E-state index in [1.807, 2.05) is 0 Å². The Morgan fingerprint density at radius 2 is 2.00 bits per heavy atom. The lowest BCUT2D eigenvalue weighted by atomic mass is 9.94. The maximum Gasteiger partial charge on any atom is 0.325 e. The summed E-state index contributed by atoms with van der Waals surface area (Å²) in [7, 11) is 1.29. The molecule has 0 saturated heterocycles. The van der Waals surface area contributed by atoms with Crippen molar-refractivity contribution in [1.82, 2.24) is 10.2 Å². The van der Waals surface area contributed by atoms with Crippen molar-refractivity contribution < 1.29 is 19.4 Å². The minimum atomic E-state index is -0.448. The molecular formula is C15H28N2O4. The molecule has 1 rings (SSSR count). The minimum Gasteiger partial charge on any atom is -0.468 e. The molecule has 0 aromatic rings. The van der Waals surface area contributed by atoms with Gasteiger partial charge in [0.05, 0.1) is 13.2 Å². The molecule has 1 unspecified atom stereocenters. The van der Waals surface area contributed by atoms with Crippen molar-refractivity contribution in [3.8, 4) is 0 Å². The van der Waals surface area contributed by atoms with E-state index in [1.54, 1.807) is 6.92 Å². The van der Waals surface area contributed by atoms with Crippen LogP contribution in [0, 0.1) is 0 Å². The van der Waals surface area contributed by atoms with Crippen molar-refractivity contribution in [2.24, 2.45) is 0 Å². The number of carbonyl (C=O) groups excluding carboxylic acids is 2. The molecule has 6 nitrogen and oxygen atoms in total. The third-order valence-corrected chi connectivity index (χ3v) is 3.87. The highest BCUT2D eigenvalue weighted by atomic mass is 16.5. The Hall–Kier alpha value is -1.14. The van der Waals surface area contributed by atoms with Gasteiger partial charge in [-0.1, -0.05) is 19.3 Å². The number of aliphatic hydroxyl groups is 1. The fraction of sp³-hybridized carbons (Fsp3) is 0.867. The van der Waals surface area contributed by atoms with Crippen molar-refractivity contribution in [2.75, 3.05) is 26.7 Å². The molecule has 1 aliphatic rings. The summed E-state index contributed by atoms with van der Waals surface area (Å²) in [4.78, 5) is 24.9. The summed E-state index contributed by atoms with van der Waals surface area (Å²) >= 11 is 0. The van der Waals surface area contributed by atoms with Gasteiger partial charge in [-0.3, -0.25) is 14.5 Å². The second-order valence-electron chi connectivity index (χ2n) is 5.74. The molecule has 0 bridgehead atoms. The van der Waals surface area contributed by atoms with E-state index in [1.165, 1.54) is 26.4 Å². The summed E-state index contributed by atoms with van der Waals surface area (Å²) in [6.07, 6.45) is 5.92. The summed E-state index contributed by atoms with van der Waals surface area (Å²) < 4.78 is 4.48. The van der Waals surface area contributed by atoms with Crippen LogP contribution in [0.4, 0.5) is 0 Å². The highest BCUT2D eigenvalue weighted by Crippen LogP contribution is 2.22. The number of aliphatic hydroxyl groups excluding tert-OH is 1. The topological polar surface area (TPSA) is 78.9 Å². The van der Waals surface area contributed by atoms with Gasteiger partial charge in [-0.05, 0) is 19.8 Å². The van der Waals surface area contributed by atoms with Crippen LogP contribution in [0.3, 0.4) is 0 Å². The molecule has 21 heavy (non-hydrogen) atoms. The number of nitrogens with zero attached hydrogens (tertiary/aromatic N) is 1. The van der Waals surface area contributed by atoms with Crippen LogP contribution >= 0.6 is 0 Å². The first-order valence-corrected chi connectivity index (χ1v) is 7.78. The van der Waals surface area contributed by atoms with Crippen LogP contribution in [0.15, 0.2) is 0 Å². The van der Waals surface area contributed by atoms with Gasteiger partial charge >= 0.3 is 5.97 Å². The number of carbonyl (C=O) groups is 2. The number of ether oxygens (including phenoxy) is 1. The lowest BCUT2D eigenvalue weighted by Crippen LogP contribution is -2.43. The van der Waals surface area contributed by atoms with E-state index >= 15 is 0 Å². The van der Waals surface area contributed by atoms with Gasteiger partial charge in [0.1, 0.15) is 6.54 Å². The quantitative estimate of drug-likeness (QED) is 0.645. The average molecular weight is 300 g/mol. The molecule has 6 heteroatoms. The van der Waals surface area contributed by atoms with E-state index < -0.39 is 12.1 Å². The standard InChI is InChI=1S/C15H28N2O4/c1-12(18)11-17(13-6-4-3-5-7-13)9-8-14(19)16-10-15(20)21-2/h12-13,18H,3-11H2,1-2H3,(H,16,19). The smallest absolute Gasteiger partial charge is 0.325 e. The normalized spacial score (nSPS) is 17.5. The number of amides is 1. The first-order valence-electron chi connectivity index (χ1n) is 7.78. The van der Waals surface area contributed by atoms with Crippen LogP contribution in [0.5, 0.6) is 0 Å². The van der Waals surface area contributed by atoms with Crippen LogP contribution < -0.4 is 5.32 Å². The number of rotatable bonds is 8. The molecular weight excluding hydrogens is 272 g/mol. The fourth-order valence-electron chi connectivity index (χ4n) is 2.78. The maximum atomic E-state index is 11.7. The predicted octanol–water partition coefficient (Wildman–Crippen LogP) is 0.681.